The predicted octanol–water partition coefficient (Wildman–Crippen LogP) is 6.09. The molecule has 27 heavy (non-hydrogen) atoms. The molecule has 0 spiro atoms. The summed E-state index contributed by atoms with van der Waals surface area (Å²) in [6.45, 7) is 4.66. The van der Waals surface area contributed by atoms with Crippen LogP contribution in [0.1, 0.15) is 37.8 Å². The van der Waals surface area contributed by atoms with Crippen molar-refractivity contribution < 1.29 is 5.11 Å². The molecule has 2 nitrogen and oxygen atoms in total. The van der Waals surface area contributed by atoms with E-state index in [0.717, 1.165) is 23.4 Å². The molecule has 1 aliphatic carbocycles. The molecular weight excluding hydrogens is 401 g/mol. The number of rotatable bonds is 4. The summed E-state index contributed by atoms with van der Waals surface area (Å²) in [4.78, 5) is 0. The third-order valence-electron chi connectivity index (χ3n) is 6.71. The molecule has 5 heteroatoms. The highest BCUT2D eigenvalue weighted by molar-refractivity contribution is 6.34. The molecule has 4 unspecified atom stereocenters. The standard InChI is InChI=1S/C22H26Cl3NO/c1-14-16(9-15-3-5-18(23)6-4-15)7-8-22(27,21(14,2)13-26)17-10-19(24)12-20(25)11-17/h3-6,10-12,14,16,27H,7-9,13,26H2,1-2H3. The number of aliphatic hydroxyl groups is 1. The SMILES string of the molecule is CC1C(Cc2ccc(Cl)cc2)CCC(O)(c2cc(Cl)cc(Cl)c2)C1(C)CN. The van der Waals surface area contributed by atoms with E-state index in [1.807, 2.05) is 24.3 Å². The van der Waals surface area contributed by atoms with Gasteiger partial charge >= 0.3 is 0 Å². The first kappa shape index (κ1) is 21.0. The average Bonchev–Trinajstić information content (AvgIpc) is 2.63. The first-order valence-electron chi connectivity index (χ1n) is 9.33. The molecule has 146 valence electrons. The van der Waals surface area contributed by atoms with Crippen LogP contribution in [0.2, 0.25) is 15.1 Å². The third-order valence-corrected chi connectivity index (χ3v) is 7.40. The van der Waals surface area contributed by atoms with Gasteiger partial charge in [-0.2, -0.15) is 0 Å². The molecule has 0 radical (unpaired) electrons. The Morgan fingerprint density at radius 2 is 1.63 bits per heavy atom. The van der Waals surface area contributed by atoms with Crippen molar-refractivity contribution in [3.05, 3.63) is 68.7 Å². The Labute approximate surface area is 176 Å². The molecule has 0 saturated heterocycles. The number of hydrogen-bond donors (Lipinski definition) is 2. The van der Waals surface area contributed by atoms with E-state index in [1.54, 1.807) is 6.07 Å². The van der Waals surface area contributed by atoms with E-state index in [1.165, 1.54) is 5.56 Å². The molecule has 0 aliphatic heterocycles. The van der Waals surface area contributed by atoms with Crippen molar-refractivity contribution in [1.82, 2.24) is 0 Å². The smallest absolute Gasteiger partial charge is 0.0965 e. The van der Waals surface area contributed by atoms with Gasteiger partial charge in [0.25, 0.3) is 0 Å². The molecule has 0 heterocycles. The topological polar surface area (TPSA) is 46.2 Å². The number of nitrogens with two attached hydrogens (primary N) is 1. The first-order valence-corrected chi connectivity index (χ1v) is 10.5. The molecule has 1 fully saturated rings. The van der Waals surface area contributed by atoms with Crippen molar-refractivity contribution in [2.24, 2.45) is 23.0 Å². The number of hydrogen-bond acceptors (Lipinski definition) is 2. The summed E-state index contributed by atoms with van der Waals surface area (Å²) in [6, 6.07) is 13.3. The molecule has 2 aromatic carbocycles. The van der Waals surface area contributed by atoms with Gasteiger partial charge in [0.1, 0.15) is 0 Å². The van der Waals surface area contributed by atoms with Crippen LogP contribution in [0.3, 0.4) is 0 Å². The summed E-state index contributed by atoms with van der Waals surface area (Å²) < 4.78 is 0. The monoisotopic (exact) mass is 425 g/mol. The molecule has 0 amide bonds. The van der Waals surface area contributed by atoms with Crippen molar-refractivity contribution in [3.63, 3.8) is 0 Å². The minimum Gasteiger partial charge on any atom is -0.385 e. The zero-order chi connectivity index (χ0) is 19.8. The van der Waals surface area contributed by atoms with Crippen LogP contribution in [0, 0.1) is 17.3 Å². The van der Waals surface area contributed by atoms with Crippen LogP contribution in [-0.4, -0.2) is 11.7 Å². The fourth-order valence-corrected chi connectivity index (χ4v) is 5.30. The molecule has 2 aromatic rings. The first-order chi connectivity index (χ1) is 12.7. The summed E-state index contributed by atoms with van der Waals surface area (Å²) in [5, 5.41) is 13.6. The van der Waals surface area contributed by atoms with Gasteiger partial charge in [0, 0.05) is 27.0 Å². The van der Waals surface area contributed by atoms with Crippen molar-refractivity contribution >= 4 is 34.8 Å². The zero-order valence-corrected chi connectivity index (χ0v) is 18.0. The van der Waals surface area contributed by atoms with Crippen molar-refractivity contribution in [3.8, 4) is 0 Å². The Hall–Kier alpha value is -0.770. The molecule has 0 bridgehead atoms. The van der Waals surface area contributed by atoms with Crippen molar-refractivity contribution in [2.75, 3.05) is 6.54 Å². The van der Waals surface area contributed by atoms with Gasteiger partial charge in [0.2, 0.25) is 0 Å². The van der Waals surface area contributed by atoms with Gasteiger partial charge in [-0.3, -0.25) is 0 Å². The van der Waals surface area contributed by atoms with Crippen LogP contribution in [-0.2, 0) is 12.0 Å². The second-order valence-electron chi connectivity index (χ2n) is 8.06. The maximum Gasteiger partial charge on any atom is 0.0965 e. The summed E-state index contributed by atoms with van der Waals surface area (Å²) in [5.74, 6) is 0.643. The fourth-order valence-electron chi connectivity index (χ4n) is 4.65. The number of benzene rings is 2. The van der Waals surface area contributed by atoms with E-state index in [4.69, 9.17) is 40.5 Å². The average molecular weight is 427 g/mol. The van der Waals surface area contributed by atoms with Gasteiger partial charge in [-0.05, 0) is 72.6 Å². The molecule has 0 aromatic heterocycles. The van der Waals surface area contributed by atoms with Crippen molar-refractivity contribution in [1.29, 1.82) is 0 Å². The molecule has 4 atom stereocenters. The van der Waals surface area contributed by atoms with Gasteiger partial charge in [0.05, 0.1) is 5.60 Å². The predicted molar refractivity (Wildman–Crippen MR) is 115 cm³/mol. The second kappa shape index (κ2) is 7.93. The Morgan fingerprint density at radius 1 is 1.04 bits per heavy atom. The van der Waals surface area contributed by atoms with Crippen LogP contribution in [0.5, 0.6) is 0 Å². The fraction of sp³-hybridized carbons (Fsp3) is 0.455. The van der Waals surface area contributed by atoms with E-state index in [2.05, 4.69) is 26.0 Å². The lowest BCUT2D eigenvalue weighted by molar-refractivity contribution is -0.152. The Bertz CT molecular complexity index is 789. The maximum atomic E-state index is 11.8. The lowest BCUT2D eigenvalue weighted by Crippen LogP contribution is -2.57. The van der Waals surface area contributed by atoms with Crippen molar-refractivity contribution in [2.45, 2.75) is 38.7 Å². The van der Waals surface area contributed by atoms with Crippen LogP contribution in [0.25, 0.3) is 0 Å². The molecular formula is C22H26Cl3NO. The minimum atomic E-state index is -1.06. The largest absolute Gasteiger partial charge is 0.385 e. The van der Waals surface area contributed by atoms with Gasteiger partial charge in [-0.1, -0.05) is 60.8 Å². The highest BCUT2D eigenvalue weighted by atomic mass is 35.5. The highest BCUT2D eigenvalue weighted by Crippen LogP contribution is 2.55. The third kappa shape index (κ3) is 3.88. The minimum absolute atomic E-state index is 0.217. The van der Waals surface area contributed by atoms with Crippen LogP contribution >= 0.6 is 34.8 Å². The van der Waals surface area contributed by atoms with Crippen LogP contribution < -0.4 is 5.73 Å². The van der Waals surface area contributed by atoms with E-state index in [0.29, 0.717) is 28.9 Å². The summed E-state index contributed by atoms with van der Waals surface area (Å²) >= 11 is 18.4. The van der Waals surface area contributed by atoms with E-state index >= 15 is 0 Å². The molecule has 1 aliphatic rings. The molecule has 3 rings (SSSR count). The van der Waals surface area contributed by atoms with Crippen LogP contribution in [0.15, 0.2) is 42.5 Å². The lowest BCUT2D eigenvalue weighted by Gasteiger charge is -2.55. The van der Waals surface area contributed by atoms with Gasteiger partial charge in [-0.15, -0.1) is 0 Å². The second-order valence-corrected chi connectivity index (χ2v) is 9.37. The van der Waals surface area contributed by atoms with Crippen LogP contribution in [0.4, 0.5) is 0 Å². The highest BCUT2D eigenvalue weighted by Gasteiger charge is 2.55. The summed E-state index contributed by atoms with van der Waals surface area (Å²) in [7, 11) is 0. The van der Waals surface area contributed by atoms with E-state index in [-0.39, 0.29) is 5.92 Å². The summed E-state index contributed by atoms with van der Waals surface area (Å²) in [6.07, 6.45) is 2.47. The summed E-state index contributed by atoms with van der Waals surface area (Å²) in [5.41, 5.74) is 6.71. The zero-order valence-electron chi connectivity index (χ0n) is 15.7. The Morgan fingerprint density at radius 3 is 2.19 bits per heavy atom. The normalized spacial score (nSPS) is 31.1. The van der Waals surface area contributed by atoms with Gasteiger partial charge in [-0.25, -0.2) is 0 Å². The maximum absolute atomic E-state index is 11.8. The lowest BCUT2D eigenvalue weighted by atomic mass is 9.53. The van der Waals surface area contributed by atoms with E-state index < -0.39 is 11.0 Å². The molecule has 1 saturated carbocycles. The van der Waals surface area contributed by atoms with Gasteiger partial charge < -0.3 is 10.8 Å². The van der Waals surface area contributed by atoms with E-state index in [9.17, 15) is 5.11 Å². The quantitative estimate of drug-likeness (QED) is 0.621. The Kier molecular flexibility index (Phi) is 6.15. The molecule has 3 N–H and O–H groups in total. The number of halogens is 3. The Balaban J connectivity index is 1.93. The van der Waals surface area contributed by atoms with Gasteiger partial charge in [0.15, 0.2) is 0 Å².